The molecule has 0 aliphatic carbocycles. The Labute approximate surface area is 139 Å². The van der Waals surface area contributed by atoms with E-state index < -0.39 is 0 Å². The van der Waals surface area contributed by atoms with E-state index in [2.05, 4.69) is 71.4 Å². The van der Waals surface area contributed by atoms with Crippen molar-refractivity contribution in [2.24, 2.45) is 0 Å². The largest absolute Gasteiger partial charge is 0.299 e. The molecule has 2 aliphatic rings. The minimum Gasteiger partial charge on any atom is -0.299 e. The van der Waals surface area contributed by atoms with E-state index in [0.717, 1.165) is 6.54 Å². The molecule has 0 aromatic heterocycles. The highest BCUT2D eigenvalue weighted by Gasteiger charge is 2.42. The van der Waals surface area contributed by atoms with Crippen LogP contribution in [0.15, 0.2) is 54.6 Å². The summed E-state index contributed by atoms with van der Waals surface area (Å²) in [5.74, 6) is 0. The van der Waals surface area contributed by atoms with Crippen LogP contribution < -0.4 is 0 Å². The Balaban J connectivity index is 1.52. The minimum atomic E-state index is 0.266. The fourth-order valence-corrected chi connectivity index (χ4v) is 4.47. The molecule has 2 aromatic carbocycles. The molecule has 0 N–H and O–H groups in total. The van der Waals surface area contributed by atoms with Gasteiger partial charge in [0.15, 0.2) is 0 Å². The molecule has 0 bridgehead atoms. The maximum Gasteiger partial charge on any atom is 0.0484 e. The topological polar surface area (TPSA) is 6.48 Å². The van der Waals surface area contributed by atoms with Crippen molar-refractivity contribution in [1.82, 2.24) is 9.80 Å². The van der Waals surface area contributed by atoms with Gasteiger partial charge in [-0.1, -0.05) is 54.6 Å². The lowest BCUT2D eigenvalue weighted by Crippen LogP contribution is -2.54. The second kappa shape index (κ2) is 6.10. The number of fused-ring (bicyclic) bond motifs is 2. The molecule has 0 atom stereocenters. The van der Waals surface area contributed by atoms with E-state index in [-0.39, 0.29) is 5.54 Å². The Morgan fingerprint density at radius 3 is 2.35 bits per heavy atom. The zero-order chi connectivity index (χ0) is 15.7. The Bertz CT molecular complexity index is 657. The summed E-state index contributed by atoms with van der Waals surface area (Å²) in [7, 11) is 2.32. The lowest BCUT2D eigenvalue weighted by Gasteiger charge is -2.51. The summed E-state index contributed by atoms with van der Waals surface area (Å²) in [4.78, 5) is 5.24. The molecular weight excluding hydrogens is 280 g/mol. The maximum atomic E-state index is 2.62. The van der Waals surface area contributed by atoms with Crippen LogP contribution in [0.4, 0.5) is 0 Å². The normalized spacial score (nSPS) is 21.3. The van der Waals surface area contributed by atoms with Gasteiger partial charge in [-0.3, -0.25) is 9.80 Å². The van der Waals surface area contributed by atoms with Crippen molar-refractivity contribution in [2.75, 3.05) is 26.7 Å². The van der Waals surface area contributed by atoms with Crippen LogP contribution in [0.25, 0.3) is 0 Å². The van der Waals surface area contributed by atoms with Gasteiger partial charge in [-0.25, -0.2) is 0 Å². The third-order valence-corrected chi connectivity index (χ3v) is 5.90. The number of nitrogens with zero attached hydrogens (tertiary/aromatic N) is 2. The molecule has 1 saturated heterocycles. The zero-order valence-corrected chi connectivity index (χ0v) is 14.0. The highest BCUT2D eigenvalue weighted by Crippen LogP contribution is 2.42. The van der Waals surface area contributed by atoms with Crippen LogP contribution in [-0.2, 0) is 18.5 Å². The molecular formula is C21H26N2. The van der Waals surface area contributed by atoms with Gasteiger partial charge >= 0.3 is 0 Å². The summed E-state index contributed by atoms with van der Waals surface area (Å²) in [6, 6.07) is 20.0. The van der Waals surface area contributed by atoms with E-state index in [9.17, 15) is 0 Å². The van der Waals surface area contributed by atoms with Crippen molar-refractivity contribution in [1.29, 1.82) is 0 Å². The SMILES string of the molecule is CN1CCc2ccccc2C12CCN(Cc1ccccc1)CC2. The van der Waals surface area contributed by atoms with Crippen molar-refractivity contribution >= 4 is 0 Å². The quantitative estimate of drug-likeness (QED) is 0.835. The Morgan fingerprint density at radius 1 is 0.870 bits per heavy atom. The molecule has 0 unspecified atom stereocenters. The fourth-order valence-electron chi connectivity index (χ4n) is 4.47. The lowest BCUT2D eigenvalue weighted by atomic mass is 9.74. The molecule has 0 saturated carbocycles. The third kappa shape index (κ3) is 2.71. The van der Waals surface area contributed by atoms with Crippen LogP contribution >= 0.6 is 0 Å². The molecule has 23 heavy (non-hydrogen) atoms. The van der Waals surface area contributed by atoms with Gasteiger partial charge in [-0.2, -0.15) is 0 Å². The highest BCUT2D eigenvalue weighted by molar-refractivity contribution is 5.37. The minimum absolute atomic E-state index is 0.266. The Hall–Kier alpha value is -1.64. The first-order chi connectivity index (χ1) is 11.3. The van der Waals surface area contributed by atoms with Crippen LogP contribution in [0.5, 0.6) is 0 Å². The standard InChI is InChI=1S/C21H26N2/c1-22-14-11-19-9-5-6-10-20(19)21(22)12-15-23(16-13-21)17-18-7-3-2-4-8-18/h2-10H,11-17H2,1H3. The average Bonchev–Trinajstić information content (AvgIpc) is 2.61. The van der Waals surface area contributed by atoms with Gasteiger partial charge in [0.2, 0.25) is 0 Å². The molecule has 0 radical (unpaired) electrons. The molecule has 1 fully saturated rings. The number of rotatable bonds is 2. The predicted octanol–water partition coefficient (Wildman–Crippen LogP) is 3.67. The van der Waals surface area contributed by atoms with Crippen molar-refractivity contribution in [3.63, 3.8) is 0 Å². The molecule has 2 heteroatoms. The van der Waals surface area contributed by atoms with Gasteiger partial charge < -0.3 is 0 Å². The van der Waals surface area contributed by atoms with Gasteiger partial charge in [0.05, 0.1) is 0 Å². The first-order valence-electron chi connectivity index (χ1n) is 8.84. The van der Waals surface area contributed by atoms with Crippen LogP contribution in [0, 0.1) is 0 Å². The summed E-state index contributed by atoms with van der Waals surface area (Å²) in [5, 5.41) is 0. The number of likely N-dealkylation sites (N-methyl/N-ethyl adjacent to an activating group) is 1. The Morgan fingerprint density at radius 2 is 1.57 bits per heavy atom. The van der Waals surface area contributed by atoms with E-state index in [0.29, 0.717) is 0 Å². The summed E-state index contributed by atoms with van der Waals surface area (Å²) >= 11 is 0. The molecule has 120 valence electrons. The third-order valence-electron chi connectivity index (χ3n) is 5.90. The molecule has 2 aromatic rings. The van der Waals surface area contributed by atoms with Crippen LogP contribution in [0.3, 0.4) is 0 Å². The van der Waals surface area contributed by atoms with Gasteiger partial charge in [0, 0.05) is 31.7 Å². The smallest absolute Gasteiger partial charge is 0.0484 e. The maximum absolute atomic E-state index is 2.62. The van der Waals surface area contributed by atoms with E-state index in [1.54, 1.807) is 11.1 Å². The van der Waals surface area contributed by atoms with Gasteiger partial charge in [-0.05, 0) is 43.0 Å². The second-order valence-corrected chi connectivity index (χ2v) is 7.12. The number of piperidine rings is 1. The van der Waals surface area contributed by atoms with E-state index in [1.165, 1.54) is 44.5 Å². The fraction of sp³-hybridized carbons (Fsp3) is 0.429. The molecule has 2 heterocycles. The zero-order valence-electron chi connectivity index (χ0n) is 14.0. The first-order valence-corrected chi connectivity index (χ1v) is 8.84. The lowest BCUT2D eigenvalue weighted by molar-refractivity contribution is 0.0255. The van der Waals surface area contributed by atoms with E-state index >= 15 is 0 Å². The van der Waals surface area contributed by atoms with Gasteiger partial charge in [0.25, 0.3) is 0 Å². The molecule has 1 spiro atoms. The van der Waals surface area contributed by atoms with E-state index in [4.69, 9.17) is 0 Å². The molecule has 2 aliphatic heterocycles. The van der Waals surface area contributed by atoms with Crippen LogP contribution in [0.2, 0.25) is 0 Å². The number of benzene rings is 2. The Kier molecular flexibility index (Phi) is 3.96. The van der Waals surface area contributed by atoms with Crippen molar-refractivity contribution in [2.45, 2.75) is 31.3 Å². The molecule has 2 nitrogen and oxygen atoms in total. The van der Waals surface area contributed by atoms with E-state index in [1.807, 2.05) is 0 Å². The van der Waals surface area contributed by atoms with Crippen molar-refractivity contribution in [3.8, 4) is 0 Å². The molecule has 4 rings (SSSR count). The van der Waals surface area contributed by atoms with Gasteiger partial charge in [-0.15, -0.1) is 0 Å². The number of hydrogen-bond donors (Lipinski definition) is 0. The first kappa shape index (κ1) is 14.9. The summed E-state index contributed by atoms with van der Waals surface area (Å²) in [5.41, 5.74) is 4.86. The predicted molar refractivity (Wildman–Crippen MR) is 95.4 cm³/mol. The molecule has 0 amide bonds. The van der Waals surface area contributed by atoms with Crippen LogP contribution in [-0.4, -0.2) is 36.5 Å². The summed E-state index contributed by atoms with van der Waals surface area (Å²) in [6.45, 7) is 4.65. The monoisotopic (exact) mass is 306 g/mol. The number of hydrogen-bond acceptors (Lipinski definition) is 2. The van der Waals surface area contributed by atoms with Gasteiger partial charge in [0.1, 0.15) is 0 Å². The summed E-state index contributed by atoms with van der Waals surface area (Å²) in [6.07, 6.45) is 3.68. The van der Waals surface area contributed by atoms with Crippen molar-refractivity contribution < 1.29 is 0 Å². The number of likely N-dealkylation sites (tertiary alicyclic amines) is 1. The summed E-state index contributed by atoms with van der Waals surface area (Å²) < 4.78 is 0. The van der Waals surface area contributed by atoms with Crippen molar-refractivity contribution in [3.05, 3.63) is 71.3 Å². The van der Waals surface area contributed by atoms with Crippen LogP contribution in [0.1, 0.15) is 29.5 Å². The highest BCUT2D eigenvalue weighted by atomic mass is 15.2. The average molecular weight is 306 g/mol. The second-order valence-electron chi connectivity index (χ2n) is 7.12.